The number of sulfonamides is 1. The molecule has 0 spiro atoms. The first-order valence-corrected chi connectivity index (χ1v) is 8.27. The molecule has 1 heterocycles. The highest BCUT2D eigenvalue weighted by Gasteiger charge is 2.29. The Bertz CT molecular complexity index is 722. The van der Waals surface area contributed by atoms with Crippen molar-refractivity contribution < 1.29 is 22.8 Å². The van der Waals surface area contributed by atoms with Gasteiger partial charge >= 0.3 is 5.69 Å². The maximum Gasteiger partial charge on any atom is 0.312 e. The van der Waals surface area contributed by atoms with Crippen LogP contribution in [0.3, 0.4) is 0 Å². The summed E-state index contributed by atoms with van der Waals surface area (Å²) in [5.74, 6) is -0.0637. The van der Waals surface area contributed by atoms with Gasteiger partial charge in [0.15, 0.2) is 5.75 Å². The molecule has 0 unspecified atom stereocenters. The molecule has 0 amide bonds. The number of nitro groups is 1. The highest BCUT2D eigenvalue weighted by atomic mass is 32.2. The van der Waals surface area contributed by atoms with Crippen LogP contribution in [0.4, 0.5) is 5.69 Å². The molecule has 124 valence electrons. The lowest BCUT2D eigenvalue weighted by atomic mass is 10.3. The number of nitro benzene ring substituents is 1. The molecule has 1 fully saturated rings. The summed E-state index contributed by atoms with van der Waals surface area (Å²) in [6, 6.07) is 5.34. The minimum Gasteiger partial charge on any atom is -0.486 e. The molecule has 0 radical (unpaired) electrons. The number of hydrogen-bond acceptors (Lipinski definition) is 7. The van der Waals surface area contributed by atoms with Crippen LogP contribution in [0.25, 0.3) is 0 Å². The van der Waals surface area contributed by atoms with Crippen LogP contribution in [-0.2, 0) is 14.8 Å². The molecule has 0 bridgehead atoms. The zero-order valence-corrected chi connectivity index (χ0v) is 13.0. The summed E-state index contributed by atoms with van der Waals surface area (Å²) < 4.78 is 36.5. The number of ether oxygens (including phenoxy) is 2. The average molecular weight is 341 g/mol. The molecule has 0 atom stereocenters. The summed E-state index contributed by atoms with van der Waals surface area (Å²) in [4.78, 5) is 10.3. The molecule has 10 heteroatoms. The van der Waals surface area contributed by atoms with E-state index >= 15 is 0 Å². The van der Waals surface area contributed by atoms with Crippen LogP contribution in [0, 0.1) is 21.4 Å². The van der Waals surface area contributed by atoms with Crippen LogP contribution < -0.4 is 4.74 Å². The Morgan fingerprint density at radius 3 is 2.70 bits per heavy atom. The summed E-state index contributed by atoms with van der Waals surface area (Å²) >= 11 is 0. The van der Waals surface area contributed by atoms with Gasteiger partial charge in [0.1, 0.15) is 6.61 Å². The van der Waals surface area contributed by atoms with Crippen molar-refractivity contribution in [3.8, 4) is 11.8 Å². The number of benzene rings is 1. The van der Waals surface area contributed by atoms with Gasteiger partial charge in [-0.25, -0.2) is 8.42 Å². The molecule has 0 N–H and O–H groups in total. The topological polar surface area (TPSA) is 123 Å². The van der Waals surface area contributed by atoms with Gasteiger partial charge in [0.25, 0.3) is 0 Å². The Labute approximate surface area is 133 Å². The van der Waals surface area contributed by atoms with Crippen molar-refractivity contribution in [2.75, 3.05) is 32.9 Å². The van der Waals surface area contributed by atoms with Gasteiger partial charge in [0, 0.05) is 19.2 Å². The van der Waals surface area contributed by atoms with E-state index in [1.54, 1.807) is 0 Å². The Kier molecular flexibility index (Phi) is 5.49. The van der Waals surface area contributed by atoms with E-state index < -0.39 is 20.6 Å². The van der Waals surface area contributed by atoms with E-state index in [9.17, 15) is 18.5 Å². The normalized spacial score (nSPS) is 15.8. The van der Waals surface area contributed by atoms with Gasteiger partial charge in [-0.05, 0) is 12.1 Å². The number of rotatable bonds is 6. The summed E-state index contributed by atoms with van der Waals surface area (Å²) in [5, 5.41) is 19.6. The van der Waals surface area contributed by atoms with Gasteiger partial charge in [-0.2, -0.15) is 9.57 Å². The molecule has 2 rings (SSSR count). The number of nitriles is 1. The molecule has 1 aliphatic heterocycles. The molecule has 0 aliphatic carbocycles. The van der Waals surface area contributed by atoms with E-state index in [2.05, 4.69) is 0 Å². The monoisotopic (exact) mass is 341 g/mol. The summed E-state index contributed by atoms with van der Waals surface area (Å²) in [5.41, 5.74) is -0.447. The Morgan fingerprint density at radius 1 is 1.39 bits per heavy atom. The molecule has 1 saturated heterocycles. The Balaban J connectivity index is 2.31. The van der Waals surface area contributed by atoms with Crippen LogP contribution in [-0.4, -0.2) is 50.6 Å². The van der Waals surface area contributed by atoms with Crippen LogP contribution in [0.2, 0.25) is 0 Å². The first-order chi connectivity index (χ1) is 11.0. The van der Waals surface area contributed by atoms with Crippen molar-refractivity contribution >= 4 is 15.7 Å². The van der Waals surface area contributed by atoms with Gasteiger partial charge in [0.2, 0.25) is 10.0 Å². The minimum atomic E-state index is -3.82. The van der Waals surface area contributed by atoms with E-state index in [1.165, 1.54) is 16.4 Å². The highest BCUT2D eigenvalue weighted by molar-refractivity contribution is 7.89. The lowest BCUT2D eigenvalue weighted by molar-refractivity contribution is -0.386. The summed E-state index contributed by atoms with van der Waals surface area (Å²) in [7, 11) is -3.82. The third-order valence-electron chi connectivity index (χ3n) is 3.21. The Morgan fingerprint density at radius 2 is 2.09 bits per heavy atom. The molecule has 0 saturated carbocycles. The number of hydrogen-bond donors (Lipinski definition) is 0. The molecule has 1 aromatic carbocycles. The number of nitrogens with zero attached hydrogens (tertiary/aromatic N) is 3. The third-order valence-corrected chi connectivity index (χ3v) is 5.10. The van der Waals surface area contributed by atoms with Crippen LogP contribution in [0.5, 0.6) is 5.75 Å². The molecular weight excluding hydrogens is 326 g/mol. The maximum absolute atomic E-state index is 12.5. The zero-order chi connectivity index (χ0) is 16.9. The van der Waals surface area contributed by atoms with Crippen molar-refractivity contribution in [3.05, 3.63) is 28.3 Å². The van der Waals surface area contributed by atoms with E-state index in [0.29, 0.717) is 0 Å². The largest absolute Gasteiger partial charge is 0.486 e. The van der Waals surface area contributed by atoms with E-state index in [1.807, 2.05) is 6.07 Å². The van der Waals surface area contributed by atoms with E-state index in [4.69, 9.17) is 14.7 Å². The Hall–Kier alpha value is -2.22. The fourth-order valence-corrected chi connectivity index (χ4v) is 3.49. The summed E-state index contributed by atoms with van der Waals surface area (Å²) in [6.07, 6.45) is 0.0744. The predicted molar refractivity (Wildman–Crippen MR) is 78.4 cm³/mol. The second-order valence-corrected chi connectivity index (χ2v) is 6.60. The van der Waals surface area contributed by atoms with Gasteiger partial charge < -0.3 is 9.47 Å². The molecule has 1 aliphatic rings. The number of morpholine rings is 1. The van der Waals surface area contributed by atoms with Crippen molar-refractivity contribution in [2.45, 2.75) is 11.3 Å². The fraction of sp³-hybridized carbons (Fsp3) is 0.462. The predicted octanol–water partition coefficient (Wildman–Crippen LogP) is 0.908. The highest BCUT2D eigenvalue weighted by Crippen LogP contribution is 2.31. The molecular formula is C13H15N3O6S. The minimum absolute atomic E-state index is 0.00704. The van der Waals surface area contributed by atoms with Gasteiger partial charge in [0.05, 0.1) is 35.5 Å². The summed E-state index contributed by atoms with van der Waals surface area (Å²) in [6.45, 7) is 0.980. The second-order valence-electron chi connectivity index (χ2n) is 4.66. The maximum atomic E-state index is 12.5. The van der Waals surface area contributed by atoms with Crippen LogP contribution in [0.1, 0.15) is 6.42 Å². The van der Waals surface area contributed by atoms with Gasteiger partial charge in [-0.3, -0.25) is 10.1 Å². The first kappa shape index (κ1) is 17.1. The molecule has 1 aromatic rings. The lowest BCUT2D eigenvalue weighted by Gasteiger charge is -2.26. The van der Waals surface area contributed by atoms with Crippen molar-refractivity contribution in [2.24, 2.45) is 0 Å². The van der Waals surface area contributed by atoms with Crippen molar-refractivity contribution in [3.63, 3.8) is 0 Å². The second kappa shape index (κ2) is 7.36. The third kappa shape index (κ3) is 3.95. The quantitative estimate of drug-likeness (QED) is 0.428. The lowest BCUT2D eigenvalue weighted by Crippen LogP contribution is -2.40. The molecule has 0 aromatic heterocycles. The van der Waals surface area contributed by atoms with E-state index in [0.717, 1.165) is 6.07 Å². The molecule has 9 nitrogen and oxygen atoms in total. The van der Waals surface area contributed by atoms with Gasteiger partial charge in [-0.15, -0.1) is 0 Å². The van der Waals surface area contributed by atoms with Crippen molar-refractivity contribution in [1.29, 1.82) is 5.26 Å². The van der Waals surface area contributed by atoms with Gasteiger partial charge in [-0.1, -0.05) is 0 Å². The van der Waals surface area contributed by atoms with Crippen LogP contribution in [0.15, 0.2) is 23.1 Å². The van der Waals surface area contributed by atoms with Crippen LogP contribution >= 0.6 is 0 Å². The zero-order valence-electron chi connectivity index (χ0n) is 12.2. The molecule has 23 heavy (non-hydrogen) atoms. The SMILES string of the molecule is N#CCCOc1ccc(S(=O)(=O)N2CCOCC2)cc1[N+](=O)[O-]. The smallest absolute Gasteiger partial charge is 0.312 e. The van der Waals surface area contributed by atoms with Crippen molar-refractivity contribution in [1.82, 2.24) is 4.31 Å². The fourth-order valence-electron chi connectivity index (χ4n) is 2.07. The first-order valence-electron chi connectivity index (χ1n) is 6.83. The van der Waals surface area contributed by atoms with E-state index in [-0.39, 0.29) is 50.0 Å². The standard InChI is InChI=1S/C13H15N3O6S/c14-4-1-7-22-13-3-2-11(10-12(13)16(17)18)23(19,20)15-5-8-21-9-6-15/h2-3,10H,1,5-9H2. The average Bonchev–Trinajstić information content (AvgIpc) is 2.56.